The first-order chi connectivity index (χ1) is 5.75. The summed E-state index contributed by atoms with van der Waals surface area (Å²) in [4.78, 5) is 0. The van der Waals surface area contributed by atoms with E-state index in [-0.39, 0.29) is 0 Å². The van der Waals surface area contributed by atoms with Gasteiger partial charge in [0.25, 0.3) is 0 Å². The predicted molar refractivity (Wildman–Crippen MR) is 35.3 cm³/mol. The molecule has 0 saturated carbocycles. The molecule has 2 aromatic rings. The highest BCUT2D eigenvalue weighted by molar-refractivity contribution is 4.58. The number of hydrogen-bond acceptors (Lipinski definition) is 2. The summed E-state index contributed by atoms with van der Waals surface area (Å²) < 4.78 is 6.45. The Labute approximate surface area is 69.3 Å². The monoisotopic (exact) mass is 164 g/mol. The fourth-order valence-electron chi connectivity index (χ4n) is 0.860. The molecule has 0 radical (unpaired) electrons. The molecule has 0 saturated heterocycles. The van der Waals surface area contributed by atoms with Crippen molar-refractivity contribution < 1.29 is 9.36 Å². The van der Waals surface area contributed by atoms with E-state index >= 15 is 0 Å². The third-order valence-electron chi connectivity index (χ3n) is 1.39. The molecule has 6 nitrogen and oxygen atoms in total. The fraction of sp³-hybridized carbons (Fsp3) is 0.333. The maximum absolute atomic E-state index is 3.95. The van der Waals surface area contributed by atoms with Gasteiger partial charge >= 0.3 is 0 Å². The van der Waals surface area contributed by atoms with E-state index in [2.05, 4.69) is 22.9 Å². The summed E-state index contributed by atoms with van der Waals surface area (Å²) in [6, 6.07) is 0. The Hall–Kier alpha value is -1.72. The molecule has 62 valence electrons. The quantitative estimate of drug-likeness (QED) is 0.349. The lowest BCUT2D eigenvalue weighted by Gasteiger charge is -1.96. The van der Waals surface area contributed by atoms with Gasteiger partial charge in [0.15, 0.2) is 0 Å². The van der Waals surface area contributed by atoms with Crippen molar-refractivity contribution in [2.24, 2.45) is 14.1 Å². The molecule has 0 spiro atoms. The zero-order valence-corrected chi connectivity index (χ0v) is 6.84. The normalized spacial score (nSPS) is 10.5. The van der Waals surface area contributed by atoms with Crippen LogP contribution in [0.4, 0.5) is 0 Å². The second-order valence-corrected chi connectivity index (χ2v) is 2.40. The largest absolute Gasteiger partial charge is 0.235 e. The van der Waals surface area contributed by atoms with Crippen molar-refractivity contribution in [3.05, 3.63) is 25.3 Å². The summed E-state index contributed by atoms with van der Waals surface area (Å²) in [5.74, 6) is 0. The van der Waals surface area contributed by atoms with Crippen LogP contribution in [-0.2, 0) is 14.1 Å². The summed E-state index contributed by atoms with van der Waals surface area (Å²) in [7, 11) is 3.60. The Bertz CT molecular complexity index is 348. The van der Waals surface area contributed by atoms with Gasteiger partial charge in [-0.15, -0.1) is 0 Å². The van der Waals surface area contributed by atoms with Gasteiger partial charge in [0.05, 0.1) is 14.1 Å². The Balaban J connectivity index is 2.43. The van der Waals surface area contributed by atoms with Gasteiger partial charge < -0.3 is 0 Å². The van der Waals surface area contributed by atoms with E-state index in [0.29, 0.717) is 0 Å². The third kappa shape index (κ3) is 1.07. The van der Waals surface area contributed by atoms with E-state index in [1.807, 2.05) is 0 Å². The molecule has 12 heavy (non-hydrogen) atoms. The van der Waals surface area contributed by atoms with Crippen LogP contribution < -0.4 is 9.36 Å². The van der Waals surface area contributed by atoms with Crippen molar-refractivity contribution in [3.8, 4) is 0 Å². The summed E-state index contributed by atoms with van der Waals surface area (Å²) in [6.45, 7) is 0. The molecule has 0 N–H and O–H groups in total. The predicted octanol–water partition coefficient (Wildman–Crippen LogP) is -2.36. The molecule has 0 aliphatic rings. The van der Waals surface area contributed by atoms with Crippen molar-refractivity contribution in [2.45, 2.75) is 0 Å². The molecule has 0 unspecified atom stereocenters. The molecular formula is C6H8N6. The minimum absolute atomic E-state index is 1.58. The molecule has 0 aliphatic carbocycles. The first-order valence-electron chi connectivity index (χ1n) is 3.42. The van der Waals surface area contributed by atoms with E-state index in [9.17, 15) is 0 Å². The average Bonchev–Trinajstić information content (AvgIpc) is 2.58. The van der Waals surface area contributed by atoms with Crippen molar-refractivity contribution in [3.63, 3.8) is 0 Å². The molecule has 6 heteroatoms. The minimum atomic E-state index is 1.58. The number of hydrogen-bond donors (Lipinski definition) is 0. The van der Waals surface area contributed by atoms with Crippen LogP contribution in [0.15, 0.2) is 12.7 Å². The van der Waals surface area contributed by atoms with Crippen LogP contribution in [-0.4, -0.2) is 19.5 Å². The molecule has 0 aromatic carbocycles. The molecule has 2 heterocycles. The van der Waals surface area contributed by atoms with Gasteiger partial charge in [-0.2, -0.15) is 10.2 Å². The van der Waals surface area contributed by atoms with E-state index < -0.39 is 0 Å². The van der Waals surface area contributed by atoms with Crippen LogP contribution in [0.25, 0.3) is 0 Å². The van der Waals surface area contributed by atoms with Crippen molar-refractivity contribution >= 4 is 0 Å². The highest BCUT2D eigenvalue weighted by atomic mass is 15.6. The smallest absolute Gasteiger partial charge is 0.200 e. The maximum atomic E-state index is 3.95. The Morgan fingerprint density at radius 1 is 1.00 bits per heavy atom. The lowest BCUT2D eigenvalue weighted by atomic mass is 11.1. The second-order valence-electron chi connectivity index (χ2n) is 2.40. The third-order valence-corrected chi connectivity index (χ3v) is 1.39. The summed E-state index contributed by atoms with van der Waals surface area (Å²) >= 11 is 0. The highest BCUT2D eigenvalue weighted by Gasteiger charge is 1.95. The van der Waals surface area contributed by atoms with E-state index in [4.69, 9.17) is 0 Å². The van der Waals surface area contributed by atoms with Gasteiger partial charge in [0, 0.05) is 0 Å². The number of nitrogens with zero attached hydrogens (tertiary/aromatic N) is 6. The van der Waals surface area contributed by atoms with Crippen LogP contribution in [0, 0.1) is 12.7 Å². The Morgan fingerprint density at radius 3 is 1.67 bits per heavy atom. The van der Waals surface area contributed by atoms with E-state index in [0.717, 1.165) is 0 Å². The summed E-state index contributed by atoms with van der Waals surface area (Å²) in [5, 5.41) is 7.90. The van der Waals surface area contributed by atoms with Gasteiger partial charge in [0.1, 0.15) is 12.7 Å². The summed E-state index contributed by atoms with van der Waals surface area (Å²) in [6.07, 6.45) is 9.06. The molecule has 0 aliphatic heterocycles. The van der Waals surface area contributed by atoms with Crippen LogP contribution in [0.3, 0.4) is 0 Å². The Kier molecular flexibility index (Phi) is 1.39. The summed E-state index contributed by atoms with van der Waals surface area (Å²) in [5.41, 5.74) is 0. The lowest BCUT2D eigenvalue weighted by Crippen LogP contribution is -2.31. The lowest BCUT2D eigenvalue weighted by molar-refractivity contribution is -0.734. The zero-order chi connectivity index (χ0) is 8.55. The zero-order valence-electron chi connectivity index (χ0n) is 6.84. The first-order valence-corrected chi connectivity index (χ1v) is 3.42. The van der Waals surface area contributed by atoms with E-state index in [1.165, 1.54) is 0 Å². The van der Waals surface area contributed by atoms with Crippen LogP contribution >= 0.6 is 0 Å². The maximum Gasteiger partial charge on any atom is 0.200 e. The van der Waals surface area contributed by atoms with Crippen molar-refractivity contribution in [2.75, 3.05) is 0 Å². The molecule has 0 atom stereocenters. The number of rotatable bonds is 1. The number of aromatic nitrogens is 6. The van der Waals surface area contributed by atoms with Gasteiger partial charge in [0.2, 0.25) is 12.7 Å². The SMILES string of the molecule is C[n+]1[c-]n(-n2[c-][n+](C)nc2)cn1. The molecule has 0 amide bonds. The molecule has 2 rings (SSSR count). The fourth-order valence-corrected chi connectivity index (χ4v) is 0.860. The van der Waals surface area contributed by atoms with Gasteiger partial charge in [-0.25, -0.2) is 18.7 Å². The molecule has 0 fully saturated rings. The van der Waals surface area contributed by atoms with E-state index in [1.54, 1.807) is 45.5 Å². The van der Waals surface area contributed by atoms with Crippen LogP contribution in [0.2, 0.25) is 0 Å². The molecule has 2 aromatic heterocycles. The van der Waals surface area contributed by atoms with Gasteiger partial charge in [-0.3, -0.25) is 0 Å². The number of aryl methyl sites for hydroxylation is 2. The average molecular weight is 164 g/mol. The van der Waals surface area contributed by atoms with Crippen molar-refractivity contribution in [1.29, 1.82) is 0 Å². The minimum Gasteiger partial charge on any atom is -0.235 e. The van der Waals surface area contributed by atoms with Crippen molar-refractivity contribution in [1.82, 2.24) is 19.5 Å². The van der Waals surface area contributed by atoms with Gasteiger partial charge in [-0.05, 0) is 0 Å². The van der Waals surface area contributed by atoms with Crippen LogP contribution in [0.5, 0.6) is 0 Å². The van der Waals surface area contributed by atoms with Gasteiger partial charge in [-0.1, -0.05) is 0 Å². The Morgan fingerprint density at radius 2 is 1.42 bits per heavy atom. The highest BCUT2D eigenvalue weighted by Crippen LogP contribution is 1.79. The first kappa shape index (κ1) is 6.96. The topological polar surface area (TPSA) is 43.4 Å². The van der Waals surface area contributed by atoms with Crippen LogP contribution in [0.1, 0.15) is 0 Å². The molecular weight excluding hydrogens is 156 g/mol. The molecule has 0 bridgehead atoms. The second kappa shape index (κ2) is 2.40. The standard InChI is InChI=1S/C6H8N6/c1-9-5-11(3-7-9)12-4-8-10(2)6-12/h3-4H,1-2H3.